The number of aromatic nitrogens is 4. The quantitative estimate of drug-likeness (QED) is 0.523. The van der Waals surface area contributed by atoms with Crippen LogP contribution in [-0.4, -0.2) is 59.5 Å². The Bertz CT molecular complexity index is 1270. The summed E-state index contributed by atoms with van der Waals surface area (Å²) in [6.07, 6.45) is 8.33. The van der Waals surface area contributed by atoms with E-state index in [1.54, 1.807) is 19.3 Å². The first-order chi connectivity index (χ1) is 16.1. The number of aryl methyl sites for hydroxylation is 1. The number of nitrogens with zero attached hydrogens (tertiary/aromatic N) is 5. The molecule has 0 amide bonds. The summed E-state index contributed by atoms with van der Waals surface area (Å²) in [6.45, 7) is 5.82. The van der Waals surface area contributed by atoms with Crippen LogP contribution in [0.4, 0.5) is 5.82 Å². The van der Waals surface area contributed by atoms with E-state index in [0.717, 1.165) is 48.9 Å². The number of nitrogen functional groups attached to an aromatic ring is 1. The van der Waals surface area contributed by atoms with E-state index < -0.39 is 16.1 Å². The fraction of sp³-hybridized carbons (Fsp3) is 0.435. The number of ether oxygens (including phenoxy) is 1. The predicted molar refractivity (Wildman–Crippen MR) is 131 cm³/mol. The Morgan fingerprint density at radius 2 is 1.94 bits per heavy atom. The van der Waals surface area contributed by atoms with E-state index in [9.17, 15) is 8.42 Å². The number of benzene rings is 1. The Labute approximate surface area is 200 Å². The third-order valence-electron chi connectivity index (χ3n) is 5.91. The van der Waals surface area contributed by atoms with E-state index in [2.05, 4.69) is 31.7 Å². The van der Waals surface area contributed by atoms with Gasteiger partial charge in [0, 0.05) is 11.6 Å². The molecule has 0 aliphatic carbocycles. The van der Waals surface area contributed by atoms with Crippen molar-refractivity contribution in [1.29, 1.82) is 0 Å². The van der Waals surface area contributed by atoms with Crippen molar-refractivity contribution in [2.24, 2.45) is 0 Å². The number of rotatable bonds is 7. The lowest BCUT2D eigenvalue weighted by molar-refractivity contribution is 0.212. The number of hydrogen-bond acceptors (Lipinski definition) is 8. The molecule has 1 saturated heterocycles. The SMILES string of the molecule is Cc1cc(-c2cnc(N)c(Oc3cnn(C4CCN(C)CC4)c3)n2)cc(C(C)NS(C)(=O)=O)c1. The number of anilines is 1. The van der Waals surface area contributed by atoms with Crippen molar-refractivity contribution in [3.63, 3.8) is 0 Å². The van der Waals surface area contributed by atoms with Crippen molar-refractivity contribution < 1.29 is 13.2 Å². The number of nitrogens with one attached hydrogen (secondary N) is 1. The Hall–Kier alpha value is -3.02. The lowest BCUT2D eigenvalue weighted by Crippen LogP contribution is -2.31. The molecule has 0 radical (unpaired) electrons. The minimum absolute atomic E-state index is 0.177. The van der Waals surface area contributed by atoms with Crippen molar-refractivity contribution in [3.05, 3.63) is 47.9 Å². The van der Waals surface area contributed by atoms with Gasteiger partial charge >= 0.3 is 0 Å². The highest BCUT2D eigenvalue weighted by atomic mass is 32.2. The zero-order chi connectivity index (χ0) is 24.5. The third-order valence-corrected chi connectivity index (χ3v) is 6.69. The Morgan fingerprint density at radius 1 is 1.21 bits per heavy atom. The first-order valence-electron chi connectivity index (χ1n) is 11.2. The van der Waals surface area contributed by atoms with Crippen LogP contribution in [0, 0.1) is 6.92 Å². The van der Waals surface area contributed by atoms with Crippen LogP contribution in [0.5, 0.6) is 11.6 Å². The minimum atomic E-state index is -3.34. The summed E-state index contributed by atoms with van der Waals surface area (Å²) in [5.74, 6) is 0.926. The predicted octanol–water partition coefficient (Wildman–Crippen LogP) is 2.90. The van der Waals surface area contributed by atoms with Crippen molar-refractivity contribution in [3.8, 4) is 22.9 Å². The first kappa shape index (κ1) is 24.1. The van der Waals surface area contributed by atoms with Crippen molar-refractivity contribution in [1.82, 2.24) is 29.4 Å². The van der Waals surface area contributed by atoms with E-state index in [-0.39, 0.29) is 11.7 Å². The van der Waals surface area contributed by atoms with Gasteiger partial charge in [0.15, 0.2) is 11.6 Å². The van der Waals surface area contributed by atoms with Gasteiger partial charge in [-0.1, -0.05) is 11.6 Å². The zero-order valence-electron chi connectivity index (χ0n) is 19.9. The molecule has 2 aromatic heterocycles. The van der Waals surface area contributed by atoms with Gasteiger partial charge in [-0.25, -0.2) is 23.1 Å². The standard InChI is InChI=1S/C23H31N7O3S/c1-15-9-17(16(2)28-34(4,31)32)11-18(10-15)21-13-25-22(24)23(27-21)33-20-12-26-30(14-20)19-5-7-29(3)8-6-19/h9-14,16,19,28H,5-8H2,1-4H3,(H2,24,25). The molecule has 1 fully saturated rings. The highest BCUT2D eigenvalue weighted by Gasteiger charge is 2.20. The van der Waals surface area contributed by atoms with Gasteiger partial charge < -0.3 is 15.4 Å². The van der Waals surface area contributed by atoms with Crippen molar-refractivity contribution in [2.75, 3.05) is 32.1 Å². The second kappa shape index (κ2) is 9.69. The van der Waals surface area contributed by atoms with Gasteiger partial charge in [-0.3, -0.25) is 4.68 Å². The number of likely N-dealkylation sites (tertiary alicyclic amines) is 1. The van der Waals surface area contributed by atoms with Crippen LogP contribution in [0.2, 0.25) is 0 Å². The summed E-state index contributed by atoms with van der Waals surface area (Å²) >= 11 is 0. The monoisotopic (exact) mass is 485 g/mol. The molecule has 3 heterocycles. The lowest BCUT2D eigenvalue weighted by Gasteiger charge is -2.28. The number of sulfonamides is 1. The maximum atomic E-state index is 11.7. The molecule has 0 bridgehead atoms. The van der Waals surface area contributed by atoms with Gasteiger partial charge in [0.05, 0.1) is 36.6 Å². The normalized spacial score (nSPS) is 16.5. The van der Waals surface area contributed by atoms with E-state index >= 15 is 0 Å². The fourth-order valence-electron chi connectivity index (χ4n) is 4.14. The summed E-state index contributed by atoms with van der Waals surface area (Å²) in [5, 5.41) is 4.47. The van der Waals surface area contributed by atoms with Gasteiger partial charge in [-0.05, 0) is 64.5 Å². The van der Waals surface area contributed by atoms with Crippen LogP contribution in [0.1, 0.15) is 43.0 Å². The summed E-state index contributed by atoms with van der Waals surface area (Å²) in [6, 6.07) is 5.73. The highest BCUT2D eigenvalue weighted by molar-refractivity contribution is 7.88. The Kier molecular flexibility index (Phi) is 6.87. The molecule has 0 saturated carbocycles. The molecule has 3 aromatic rings. The van der Waals surface area contributed by atoms with Crippen LogP contribution >= 0.6 is 0 Å². The van der Waals surface area contributed by atoms with Crippen molar-refractivity contribution in [2.45, 2.75) is 38.8 Å². The van der Waals surface area contributed by atoms with E-state index in [1.807, 2.05) is 36.0 Å². The van der Waals surface area contributed by atoms with E-state index in [1.165, 1.54) is 0 Å². The third kappa shape index (κ3) is 5.91. The van der Waals surface area contributed by atoms with Gasteiger partial charge in [0.25, 0.3) is 5.88 Å². The molecule has 3 N–H and O–H groups in total. The molecule has 11 heteroatoms. The van der Waals surface area contributed by atoms with Gasteiger partial charge in [-0.2, -0.15) is 5.10 Å². The van der Waals surface area contributed by atoms with Gasteiger partial charge in [0.2, 0.25) is 10.0 Å². The molecule has 1 atom stereocenters. The summed E-state index contributed by atoms with van der Waals surface area (Å²) in [7, 11) is -1.22. The van der Waals surface area contributed by atoms with Gasteiger partial charge in [-0.15, -0.1) is 0 Å². The van der Waals surface area contributed by atoms with Crippen LogP contribution in [0.15, 0.2) is 36.8 Å². The second-order valence-corrected chi connectivity index (χ2v) is 10.8. The van der Waals surface area contributed by atoms with Crippen LogP contribution < -0.4 is 15.2 Å². The molecule has 4 rings (SSSR count). The fourth-order valence-corrected chi connectivity index (χ4v) is 4.92. The summed E-state index contributed by atoms with van der Waals surface area (Å²) < 4.78 is 33.8. The van der Waals surface area contributed by atoms with E-state index in [4.69, 9.17) is 10.5 Å². The number of hydrogen-bond donors (Lipinski definition) is 2. The maximum Gasteiger partial charge on any atom is 0.263 e. The zero-order valence-corrected chi connectivity index (χ0v) is 20.7. The van der Waals surface area contributed by atoms with Gasteiger partial charge in [0.1, 0.15) is 0 Å². The molecule has 1 aliphatic heterocycles. The molecule has 0 spiro atoms. The average molecular weight is 486 g/mol. The summed E-state index contributed by atoms with van der Waals surface area (Å²) in [5.41, 5.74) is 9.20. The molecule has 10 nitrogen and oxygen atoms in total. The van der Waals surface area contributed by atoms with Crippen molar-refractivity contribution >= 4 is 15.8 Å². The minimum Gasteiger partial charge on any atom is -0.433 e. The molecular formula is C23H31N7O3S. The Balaban J connectivity index is 1.56. The maximum absolute atomic E-state index is 11.7. The lowest BCUT2D eigenvalue weighted by atomic mass is 10.0. The second-order valence-electron chi connectivity index (χ2n) is 8.98. The van der Waals surface area contributed by atoms with E-state index in [0.29, 0.717) is 17.5 Å². The highest BCUT2D eigenvalue weighted by Crippen LogP contribution is 2.30. The molecule has 182 valence electrons. The number of piperidine rings is 1. The molecule has 1 aromatic carbocycles. The van der Waals surface area contributed by atoms with Crippen LogP contribution in [0.3, 0.4) is 0 Å². The largest absolute Gasteiger partial charge is 0.433 e. The van der Waals surface area contributed by atoms with Crippen LogP contribution in [0.25, 0.3) is 11.3 Å². The molecule has 1 aliphatic rings. The number of nitrogens with two attached hydrogens (primary N) is 1. The molecule has 1 unspecified atom stereocenters. The van der Waals surface area contributed by atoms with Crippen LogP contribution in [-0.2, 0) is 10.0 Å². The smallest absolute Gasteiger partial charge is 0.263 e. The summed E-state index contributed by atoms with van der Waals surface area (Å²) in [4.78, 5) is 11.2. The Morgan fingerprint density at radius 3 is 2.65 bits per heavy atom. The molecule has 34 heavy (non-hydrogen) atoms. The topological polar surface area (TPSA) is 128 Å². The molecular weight excluding hydrogens is 454 g/mol. The first-order valence-corrected chi connectivity index (χ1v) is 13.1. The average Bonchev–Trinajstić information content (AvgIpc) is 3.22.